The number of benzene rings is 3. The van der Waals surface area contributed by atoms with E-state index in [4.69, 9.17) is 0 Å². The molecule has 5 N–H and O–H groups in total. The second kappa shape index (κ2) is 19.7. The van der Waals surface area contributed by atoms with Crippen molar-refractivity contribution in [1.29, 1.82) is 0 Å². The normalized spacial score (nSPS) is 13.9. The average molecular weight is 758 g/mol. The van der Waals surface area contributed by atoms with Crippen LogP contribution in [0.5, 0.6) is 23.0 Å². The predicted octanol–water partition coefficient (Wildman–Crippen LogP) is 8.68. The fraction of sp³-hybridized carbons (Fsp3) is 0.333. The first-order chi connectivity index (χ1) is 27.1. The summed E-state index contributed by atoms with van der Waals surface area (Å²) in [6, 6.07) is 13.9. The van der Waals surface area contributed by atoms with Crippen LogP contribution in [0.1, 0.15) is 95.8 Å². The second-order valence-corrected chi connectivity index (χ2v) is 14.5. The summed E-state index contributed by atoms with van der Waals surface area (Å²) >= 11 is 0. The number of anilines is 1. The van der Waals surface area contributed by atoms with Crippen molar-refractivity contribution in [1.82, 2.24) is 0 Å². The summed E-state index contributed by atoms with van der Waals surface area (Å²) < 4.78 is 2.41. The Kier molecular flexibility index (Phi) is 14.6. The van der Waals surface area contributed by atoms with Crippen molar-refractivity contribution in [2.24, 2.45) is 0 Å². The van der Waals surface area contributed by atoms with Crippen LogP contribution in [-0.4, -0.2) is 67.8 Å². The maximum atomic E-state index is 13.4. The number of nitrogens with zero attached hydrogens (tertiary/aromatic N) is 2. The summed E-state index contributed by atoms with van der Waals surface area (Å²) in [5.41, 5.74) is 3.91. The molecular formula is C48H57N2O6+. The number of hydrogen-bond donors (Lipinski definition) is 5. The molecule has 0 atom stereocenters. The predicted molar refractivity (Wildman–Crippen MR) is 230 cm³/mol. The van der Waals surface area contributed by atoms with E-state index in [-0.39, 0.29) is 21.9 Å². The van der Waals surface area contributed by atoms with Crippen LogP contribution < -0.4 is 15.3 Å². The number of aliphatic hydroxyl groups is 1. The monoisotopic (exact) mass is 757 g/mol. The molecule has 0 saturated carbocycles. The molecule has 0 fully saturated rings. The van der Waals surface area contributed by atoms with E-state index in [9.17, 15) is 30.3 Å². The van der Waals surface area contributed by atoms with E-state index in [1.165, 1.54) is 35.7 Å². The molecule has 0 radical (unpaired) electrons. The molecule has 0 aromatic heterocycles. The Morgan fingerprint density at radius 2 is 1.14 bits per heavy atom. The summed E-state index contributed by atoms with van der Waals surface area (Å²) in [6.45, 7) is 12.9. The topological polar surface area (TPSA) is 124 Å². The van der Waals surface area contributed by atoms with E-state index in [0.717, 1.165) is 88.7 Å². The third kappa shape index (κ3) is 9.91. The highest BCUT2D eigenvalue weighted by molar-refractivity contribution is 6.52. The largest absolute Gasteiger partial charge is 0.507 e. The second-order valence-electron chi connectivity index (χ2n) is 14.5. The number of carbonyl (C=O) groups excluding carboxylic acids is 1. The molecule has 2 aliphatic carbocycles. The van der Waals surface area contributed by atoms with Crippen LogP contribution in [0.3, 0.4) is 0 Å². The molecule has 56 heavy (non-hydrogen) atoms. The number of Topliss-reactive ketones (excluding diaryl/α,β-unsaturated/α-hetero) is 1. The van der Waals surface area contributed by atoms with E-state index in [2.05, 4.69) is 61.5 Å². The minimum Gasteiger partial charge on any atom is -0.507 e. The van der Waals surface area contributed by atoms with Gasteiger partial charge < -0.3 is 30.4 Å². The van der Waals surface area contributed by atoms with Crippen molar-refractivity contribution in [3.63, 3.8) is 0 Å². The van der Waals surface area contributed by atoms with Crippen LogP contribution in [0.25, 0.3) is 29.4 Å². The Morgan fingerprint density at radius 1 is 0.607 bits per heavy atom. The Balaban J connectivity index is 1.35. The molecule has 3 aromatic carbocycles. The smallest absolute Gasteiger partial charge is 0.202 e. The minimum absolute atomic E-state index is 0.222. The molecule has 0 bridgehead atoms. The molecule has 0 aliphatic heterocycles. The molecule has 0 amide bonds. The van der Waals surface area contributed by atoms with Gasteiger partial charge in [0.05, 0.1) is 21.9 Å². The molecule has 0 saturated heterocycles. The number of ketones is 1. The van der Waals surface area contributed by atoms with E-state index < -0.39 is 34.5 Å². The summed E-state index contributed by atoms with van der Waals surface area (Å²) in [5, 5.41) is 55.0. The number of allylic oxidation sites excluding steroid dienone is 8. The quantitative estimate of drug-likeness (QED) is 0.0690. The van der Waals surface area contributed by atoms with Crippen molar-refractivity contribution in [3.8, 4) is 23.0 Å². The summed E-state index contributed by atoms with van der Waals surface area (Å²) in [7, 11) is 0. The minimum atomic E-state index is -0.732. The van der Waals surface area contributed by atoms with Crippen molar-refractivity contribution >= 4 is 46.6 Å². The number of rotatable bonds is 17. The lowest BCUT2D eigenvalue weighted by Crippen LogP contribution is -2.28. The summed E-state index contributed by atoms with van der Waals surface area (Å²) in [6.07, 6.45) is 24.6. The zero-order valence-electron chi connectivity index (χ0n) is 33.3. The molecule has 3 aromatic rings. The SMILES string of the molecule is CCCCN(CCCC)c1ccc(/C=C/c2cc(O)c(C3=C(O)C(=c4c(O)cc(=CC=C5C=CC(=[N+](CCCC)CCCC)C=C5)cc4O)C3=O)c(O)c2)cc1. The first kappa shape index (κ1) is 41.4. The van der Waals surface area contributed by atoms with E-state index in [0.29, 0.717) is 10.8 Å². The molecule has 8 nitrogen and oxygen atoms in total. The first-order valence-electron chi connectivity index (χ1n) is 20.1. The molecule has 5 rings (SSSR count). The molecule has 2 aliphatic rings. The van der Waals surface area contributed by atoms with Gasteiger partial charge in [-0.15, -0.1) is 0 Å². The van der Waals surface area contributed by atoms with Gasteiger partial charge in [0.15, 0.2) is 5.71 Å². The van der Waals surface area contributed by atoms with Gasteiger partial charge in [-0.1, -0.05) is 89.8 Å². The number of phenolic OH excluding ortho intramolecular Hbond substituents is 4. The molecule has 0 unspecified atom stereocenters. The molecule has 8 heteroatoms. The Bertz CT molecular complexity index is 2130. The van der Waals surface area contributed by atoms with Crippen molar-refractivity contribution in [3.05, 3.63) is 117 Å². The Morgan fingerprint density at radius 3 is 1.66 bits per heavy atom. The molecule has 0 heterocycles. The van der Waals surface area contributed by atoms with Crippen LogP contribution in [-0.2, 0) is 4.79 Å². The lowest BCUT2D eigenvalue weighted by atomic mass is 9.81. The van der Waals surface area contributed by atoms with Gasteiger partial charge in [0, 0.05) is 43.8 Å². The standard InChI is InChI=1S/C48H56N2O6/c1-5-9-25-49(26-10-6-2)37-21-17-33(18-22-37)13-15-35-29-39(51)43(40(52)30-35)45-47(55)46(48(45)56)44-41(53)31-36(32-42(44)54)16-14-34-19-23-38(24-20-34)50(27-11-7-3)28-12-8-4/h13-24,29-32H,5-12,25-28H2,1-4H3,(H4,51,52,53,54,55,56)/p+1/b15-13+. The van der Waals surface area contributed by atoms with Crippen LogP contribution in [0.15, 0.2) is 90.2 Å². The zero-order chi connectivity index (χ0) is 40.2. The van der Waals surface area contributed by atoms with Crippen molar-refractivity contribution in [2.75, 3.05) is 31.1 Å². The Labute approximate surface area is 331 Å². The van der Waals surface area contributed by atoms with Crippen LogP contribution in [0.4, 0.5) is 5.69 Å². The van der Waals surface area contributed by atoms with Gasteiger partial charge >= 0.3 is 0 Å². The van der Waals surface area contributed by atoms with Gasteiger partial charge in [0.25, 0.3) is 0 Å². The molecular weight excluding hydrogens is 701 g/mol. The van der Waals surface area contributed by atoms with Crippen LogP contribution in [0, 0.1) is 0 Å². The lowest BCUT2D eigenvalue weighted by molar-refractivity contribution is -0.527. The number of aromatic hydroxyl groups is 4. The number of carbonyl (C=O) groups is 1. The van der Waals surface area contributed by atoms with Crippen LogP contribution in [0.2, 0.25) is 0 Å². The van der Waals surface area contributed by atoms with E-state index >= 15 is 0 Å². The first-order valence-corrected chi connectivity index (χ1v) is 20.1. The molecule has 294 valence electrons. The Hall–Kier alpha value is -5.76. The van der Waals surface area contributed by atoms with Crippen molar-refractivity contribution < 1.29 is 34.9 Å². The number of hydrogen-bond acceptors (Lipinski definition) is 7. The summed E-state index contributed by atoms with van der Waals surface area (Å²) in [4.78, 5) is 15.8. The van der Waals surface area contributed by atoms with E-state index in [1.807, 2.05) is 36.4 Å². The molecule has 0 spiro atoms. The van der Waals surface area contributed by atoms with Gasteiger partial charge in [-0.05, 0) is 83.3 Å². The van der Waals surface area contributed by atoms with Gasteiger partial charge in [0.1, 0.15) is 41.8 Å². The summed E-state index contributed by atoms with van der Waals surface area (Å²) in [5.74, 6) is -2.86. The van der Waals surface area contributed by atoms with Gasteiger partial charge in [-0.2, -0.15) is 0 Å². The average Bonchev–Trinajstić information content (AvgIpc) is 3.19. The van der Waals surface area contributed by atoms with Gasteiger partial charge in [0.2, 0.25) is 5.78 Å². The highest BCUT2D eigenvalue weighted by atomic mass is 16.3. The van der Waals surface area contributed by atoms with Crippen molar-refractivity contribution in [2.45, 2.75) is 79.1 Å². The third-order valence-corrected chi connectivity index (χ3v) is 10.2. The fourth-order valence-electron chi connectivity index (χ4n) is 6.95. The van der Waals surface area contributed by atoms with Gasteiger partial charge in [-0.3, -0.25) is 4.79 Å². The third-order valence-electron chi connectivity index (χ3n) is 10.2. The lowest BCUT2D eigenvalue weighted by Gasteiger charge is -2.24. The van der Waals surface area contributed by atoms with Crippen LogP contribution >= 0.6 is 0 Å². The number of unbranched alkanes of at least 4 members (excludes halogenated alkanes) is 4. The van der Waals surface area contributed by atoms with E-state index in [1.54, 1.807) is 12.2 Å². The highest BCUT2D eigenvalue weighted by Crippen LogP contribution is 2.45. The maximum Gasteiger partial charge on any atom is 0.202 e. The maximum absolute atomic E-state index is 13.4. The number of aliphatic hydroxyl groups excluding tert-OH is 1. The fourth-order valence-corrected chi connectivity index (χ4v) is 6.95. The zero-order valence-corrected chi connectivity index (χ0v) is 33.3. The van der Waals surface area contributed by atoms with Gasteiger partial charge in [-0.25, -0.2) is 4.58 Å². The number of phenols is 4. The highest BCUT2D eigenvalue weighted by Gasteiger charge is 2.39.